The molecule has 0 atom stereocenters. The van der Waals surface area contributed by atoms with E-state index in [1.807, 2.05) is 26.0 Å². The third-order valence-corrected chi connectivity index (χ3v) is 2.45. The zero-order valence-electron chi connectivity index (χ0n) is 9.57. The topological polar surface area (TPSA) is 61.0 Å². The highest BCUT2D eigenvalue weighted by molar-refractivity contribution is 6.30. The van der Waals surface area contributed by atoms with Crippen molar-refractivity contribution in [2.45, 2.75) is 13.8 Å². The maximum Gasteiger partial charge on any atom is 0.224 e. The third-order valence-electron chi connectivity index (χ3n) is 2.21. The Balaban J connectivity index is 2.34. The molecule has 0 aliphatic heterocycles. The van der Waals surface area contributed by atoms with Gasteiger partial charge in [0.1, 0.15) is 5.75 Å². The van der Waals surface area contributed by atoms with Crippen LogP contribution in [0.2, 0.25) is 5.02 Å². The first-order chi connectivity index (χ1) is 8.04. The Morgan fingerprint density at radius 1 is 1.18 bits per heavy atom. The number of rotatable bonds is 2. The van der Waals surface area contributed by atoms with Crippen molar-refractivity contribution in [3.63, 3.8) is 0 Å². The number of ether oxygens (including phenoxy) is 1. The normalized spacial score (nSPS) is 10.3. The summed E-state index contributed by atoms with van der Waals surface area (Å²) in [6.07, 6.45) is 0. The summed E-state index contributed by atoms with van der Waals surface area (Å²) < 4.78 is 5.64. The monoisotopic (exact) mass is 249 g/mol. The molecule has 2 rings (SSSR count). The lowest BCUT2D eigenvalue weighted by atomic mass is 10.2. The van der Waals surface area contributed by atoms with Gasteiger partial charge in [-0.25, -0.2) is 4.98 Å². The molecule has 0 saturated heterocycles. The van der Waals surface area contributed by atoms with Crippen LogP contribution in [0, 0.1) is 13.8 Å². The van der Waals surface area contributed by atoms with E-state index in [-0.39, 0.29) is 5.95 Å². The molecule has 1 aromatic carbocycles. The summed E-state index contributed by atoms with van der Waals surface area (Å²) in [5, 5.41) is 0.615. The lowest BCUT2D eigenvalue weighted by Gasteiger charge is -2.08. The molecular weight excluding hydrogens is 238 g/mol. The molecule has 17 heavy (non-hydrogen) atoms. The minimum atomic E-state index is 0.194. The summed E-state index contributed by atoms with van der Waals surface area (Å²) in [4.78, 5) is 7.98. The van der Waals surface area contributed by atoms with Crippen molar-refractivity contribution in [3.05, 3.63) is 40.5 Å². The Kier molecular flexibility index (Phi) is 3.15. The van der Waals surface area contributed by atoms with Crippen molar-refractivity contribution in [2.75, 3.05) is 5.73 Å². The van der Waals surface area contributed by atoms with E-state index >= 15 is 0 Å². The predicted molar refractivity (Wildman–Crippen MR) is 67.4 cm³/mol. The molecular formula is C12H12ClN3O. The number of halogens is 1. The van der Waals surface area contributed by atoms with Crippen LogP contribution in [0.1, 0.15) is 11.3 Å². The van der Waals surface area contributed by atoms with Crippen molar-refractivity contribution in [1.29, 1.82) is 0 Å². The van der Waals surface area contributed by atoms with Gasteiger partial charge < -0.3 is 10.5 Å². The van der Waals surface area contributed by atoms with Crippen LogP contribution >= 0.6 is 11.6 Å². The van der Waals surface area contributed by atoms with Crippen molar-refractivity contribution in [1.82, 2.24) is 9.97 Å². The maximum absolute atomic E-state index is 5.91. The lowest BCUT2D eigenvalue weighted by Crippen LogP contribution is -1.99. The molecule has 0 amide bonds. The number of nitrogens with two attached hydrogens (primary N) is 1. The average molecular weight is 250 g/mol. The molecule has 2 N–H and O–H groups in total. The number of hydrogen-bond acceptors (Lipinski definition) is 4. The van der Waals surface area contributed by atoms with Gasteiger partial charge in [0, 0.05) is 16.8 Å². The first kappa shape index (κ1) is 11.7. The van der Waals surface area contributed by atoms with Gasteiger partial charge in [-0.3, -0.25) is 0 Å². The van der Waals surface area contributed by atoms with E-state index in [1.165, 1.54) is 0 Å². The number of nitrogens with zero attached hydrogens (tertiary/aromatic N) is 2. The fraction of sp³-hybridized carbons (Fsp3) is 0.167. The minimum Gasteiger partial charge on any atom is -0.439 e. The van der Waals surface area contributed by atoms with Crippen LogP contribution in [-0.2, 0) is 0 Å². The second-order valence-electron chi connectivity index (χ2n) is 3.72. The van der Waals surface area contributed by atoms with Crippen molar-refractivity contribution in [2.24, 2.45) is 0 Å². The molecule has 0 aliphatic rings. The van der Waals surface area contributed by atoms with Crippen LogP contribution in [-0.4, -0.2) is 9.97 Å². The van der Waals surface area contributed by atoms with Gasteiger partial charge in [-0.1, -0.05) is 17.7 Å². The van der Waals surface area contributed by atoms with Crippen LogP contribution in [0.4, 0.5) is 5.95 Å². The molecule has 0 fully saturated rings. The summed E-state index contributed by atoms with van der Waals surface area (Å²) in [5.41, 5.74) is 7.29. The largest absolute Gasteiger partial charge is 0.439 e. The number of hydrogen-bond donors (Lipinski definition) is 1. The van der Waals surface area contributed by atoms with Gasteiger partial charge in [0.25, 0.3) is 0 Å². The van der Waals surface area contributed by atoms with Crippen LogP contribution < -0.4 is 10.5 Å². The Labute approximate surface area is 104 Å². The molecule has 0 saturated carbocycles. The van der Waals surface area contributed by atoms with Crippen LogP contribution in [0.15, 0.2) is 24.3 Å². The Bertz CT molecular complexity index is 537. The Hall–Kier alpha value is -1.81. The highest BCUT2D eigenvalue weighted by Crippen LogP contribution is 2.27. The van der Waals surface area contributed by atoms with Crippen LogP contribution in [0.3, 0.4) is 0 Å². The summed E-state index contributed by atoms with van der Waals surface area (Å²) in [5.74, 6) is 1.27. The smallest absolute Gasteiger partial charge is 0.224 e. The number of anilines is 1. The highest BCUT2D eigenvalue weighted by atomic mass is 35.5. The molecule has 0 radical (unpaired) electrons. The molecule has 0 unspecified atom stereocenters. The van der Waals surface area contributed by atoms with Gasteiger partial charge in [0.2, 0.25) is 11.8 Å². The summed E-state index contributed by atoms with van der Waals surface area (Å²) in [7, 11) is 0. The van der Waals surface area contributed by atoms with E-state index in [0.29, 0.717) is 16.7 Å². The number of benzene rings is 1. The van der Waals surface area contributed by atoms with Crippen LogP contribution in [0.5, 0.6) is 11.6 Å². The van der Waals surface area contributed by atoms with E-state index < -0.39 is 0 Å². The maximum atomic E-state index is 5.91. The fourth-order valence-corrected chi connectivity index (χ4v) is 1.57. The standard InChI is InChI=1S/C12H12ClN3O/c1-7-3-4-9(13)6-10(7)17-11-5-8(2)15-12(14)16-11/h3-6H,1-2H3,(H2,14,15,16). The summed E-state index contributed by atoms with van der Waals surface area (Å²) in [6.45, 7) is 3.76. The van der Waals surface area contributed by atoms with Crippen molar-refractivity contribution < 1.29 is 4.74 Å². The van der Waals surface area contributed by atoms with E-state index in [1.54, 1.807) is 12.1 Å². The van der Waals surface area contributed by atoms with Gasteiger partial charge in [0.05, 0.1) is 0 Å². The second kappa shape index (κ2) is 4.59. The average Bonchev–Trinajstić information content (AvgIpc) is 2.22. The SMILES string of the molecule is Cc1cc(Oc2cc(Cl)ccc2C)nc(N)n1. The van der Waals surface area contributed by atoms with E-state index in [0.717, 1.165) is 11.3 Å². The number of nitrogen functional groups attached to an aromatic ring is 1. The van der Waals surface area contributed by atoms with E-state index in [9.17, 15) is 0 Å². The van der Waals surface area contributed by atoms with Crippen molar-refractivity contribution >= 4 is 17.5 Å². The first-order valence-electron chi connectivity index (χ1n) is 5.10. The fourth-order valence-electron chi connectivity index (χ4n) is 1.41. The molecule has 0 bridgehead atoms. The van der Waals surface area contributed by atoms with Gasteiger partial charge >= 0.3 is 0 Å². The molecule has 2 aromatic rings. The van der Waals surface area contributed by atoms with Crippen LogP contribution in [0.25, 0.3) is 0 Å². The Morgan fingerprint density at radius 3 is 2.65 bits per heavy atom. The van der Waals surface area contributed by atoms with Gasteiger partial charge in [0.15, 0.2) is 0 Å². The zero-order valence-corrected chi connectivity index (χ0v) is 10.3. The first-order valence-corrected chi connectivity index (χ1v) is 5.47. The quantitative estimate of drug-likeness (QED) is 0.888. The predicted octanol–water partition coefficient (Wildman–Crippen LogP) is 3.12. The molecule has 1 aromatic heterocycles. The molecule has 5 heteroatoms. The highest BCUT2D eigenvalue weighted by Gasteiger charge is 2.05. The van der Waals surface area contributed by atoms with Gasteiger partial charge in [-0.2, -0.15) is 4.98 Å². The summed E-state index contributed by atoms with van der Waals surface area (Å²) >= 11 is 5.91. The molecule has 0 spiro atoms. The number of aromatic nitrogens is 2. The zero-order chi connectivity index (χ0) is 12.4. The molecule has 0 aliphatic carbocycles. The summed E-state index contributed by atoms with van der Waals surface area (Å²) in [6, 6.07) is 7.15. The number of aryl methyl sites for hydroxylation is 2. The molecule has 1 heterocycles. The lowest BCUT2D eigenvalue weighted by molar-refractivity contribution is 0.458. The van der Waals surface area contributed by atoms with Gasteiger partial charge in [-0.15, -0.1) is 0 Å². The van der Waals surface area contributed by atoms with E-state index in [4.69, 9.17) is 22.1 Å². The Morgan fingerprint density at radius 2 is 1.94 bits per heavy atom. The minimum absolute atomic E-state index is 0.194. The third kappa shape index (κ3) is 2.85. The van der Waals surface area contributed by atoms with E-state index in [2.05, 4.69) is 9.97 Å². The van der Waals surface area contributed by atoms with Gasteiger partial charge in [-0.05, 0) is 31.5 Å². The van der Waals surface area contributed by atoms with Crippen molar-refractivity contribution in [3.8, 4) is 11.6 Å². The molecule has 88 valence electrons. The molecule has 4 nitrogen and oxygen atoms in total. The second-order valence-corrected chi connectivity index (χ2v) is 4.15.